The van der Waals surface area contributed by atoms with Crippen molar-refractivity contribution >= 4 is 46.2 Å². The van der Waals surface area contributed by atoms with Crippen LogP contribution in [-0.2, 0) is 9.59 Å². The zero-order chi connectivity index (χ0) is 24.9. The summed E-state index contributed by atoms with van der Waals surface area (Å²) in [6.07, 6.45) is 1.80. The Kier molecular flexibility index (Phi) is 7.51. The second-order valence-corrected chi connectivity index (χ2v) is 9.82. The number of anilines is 2. The highest BCUT2D eigenvalue weighted by Crippen LogP contribution is 2.30. The van der Waals surface area contributed by atoms with Gasteiger partial charge in [-0.3, -0.25) is 14.5 Å². The third kappa shape index (κ3) is 5.89. The lowest BCUT2D eigenvalue weighted by molar-refractivity contribution is -0.114. The van der Waals surface area contributed by atoms with Gasteiger partial charge < -0.3 is 5.32 Å². The van der Waals surface area contributed by atoms with E-state index < -0.39 is 0 Å². The molecule has 1 heterocycles. The fraction of sp³-hybridized carbons (Fsp3) is 0.207. The van der Waals surface area contributed by atoms with Gasteiger partial charge >= 0.3 is 0 Å². The lowest BCUT2D eigenvalue weighted by atomic mass is 10.0. The molecule has 6 heteroatoms. The smallest absolute Gasteiger partial charge is 0.283 e. The van der Waals surface area contributed by atoms with Crippen LogP contribution >= 0.6 is 11.8 Å². The minimum atomic E-state index is -0.205. The average Bonchev–Trinajstić information content (AvgIpc) is 3.15. The fourth-order valence-corrected chi connectivity index (χ4v) is 4.49. The van der Waals surface area contributed by atoms with Gasteiger partial charge in [-0.05, 0) is 60.7 Å². The minimum absolute atomic E-state index is 0.138. The number of rotatable bonds is 6. The van der Waals surface area contributed by atoms with Crippen molar-refractivity contribution in [3.63, 3.8) is 0 Å². The van der Waals surface area contributed by atoms with Gasteiger partial charge in [0.25, 0.3) is 5.91 Å². The summed E-state index contributed by atoms with van der Waals surface area (Å²) in [5, 5.41) is 3.43. The number of nitrogens with zero attached hydrogens (tertiary/aromatic N) is 2. The van der Waals surface area contributed by atoms with Gasteiger partial charge in [-0.2, -0.15) is 0 Å². The Morgan fingerprint density at radius 2 is 1.69 bits per heavy atom. The molecular weight excluding hydrogens is 454 g/mol. The first-order valence-corrected chi connectivity index (χ1v) is 12.6. The molecule has 0 unspecified atom stereocenters. The van der Waals surface area contributed by atoms with Crippen LogP contribution in [0.3, 0.4) is 0 Å². The Balaban J connectivity index is 1.57. The molecule has 0 saturated carbocycles. The normalized spacial score (nSPS) is 14.5. The van der Waals surface area contributed by atoms with Gasteiger partial charge in [-0.1, -0.05) is 85.8 Å². The van der Waals surface area contributed by atoms with Gasteiger partial charge in [0.05, 0.1) is 11.4 Å². The number of thioether (sulfide) groups is 1. The average molecular weight is 484 g/mol. The van der Waals surface area contributed by atoms with Crippen LogP contribution in [0.25, 0.3) is 6.08 Å². The van der Waals surface area contributed by atoms with E-state index in [1.807, 2.05) is 74.5 Å². The molecule has 1 aliphatic rings. The van der Waals surface area contributed by atoms with E-state index in [4.69, 9.17) is 0 Å². The lowest BCUT2D eigenvalue weighted by Crippen LogP contribution is -2.31. The van der Waals surface area contributed by atoms with E-state index in [2.05, 4.69) is 36.3 Å². The van der Waals surface area contributed by atoms with Crippen LogP contribution in [0.2, 0.25) is 0 Å². The van der Waals surface area contributed by atoms with E-state index in [0.29, 0.717) is 16.8 Å². The first-order chi connectivity index (χ1) is 16.8. The van der Waals surface area contributed by atoms with Crippen molar-refractivity contribution in [2.45, 2.75) is 33.6 Å². The van der Waals surface area contributed by atoms with Crippen LogP contribution in [0.5, 0.6) is 0 Å². The van der Waals surface area contributed by atoms with Crippen LogP contribution in [0.1, 0.15) is 42.0 Å². The van der Waals surface area contributed by atoms with Gasteiger partial charge in [0.1, 0.15) is 5.70 Å². The molecule has 1 aliphatic heterocycles. The van der Waals surface area contributed by atoms with Crippen molar-refractivity contribution in [1.29, 1.82) is 0 Å². The highest BCUT2D eigenvalue weighted by Gasteiger charge is 2.32. The Morgan fingerprint density at radius 3 is 2.34 bits per heavy atom. The number of nitrogens with one attached hydrogen (secondary N) is 1. The molecule has 2 amide bonds. The zero-order valence-corrected chi connectivity index (χ0v) is 21.2. The maximum atomic E-state index is 13.4. The Bertz CT molecular complexity index is 1290. The first kappa shape index (κ1) is 24.5. The van der Waals surface area contributed by atoms with Crippen LogP contribution < -0.4 is 10.2 Å². The van der Waals surface area contributed by atoms with E-state index in [1.54, 1.807) is 11.0 Å². The molecule has 0 aliphatic carbocycles. The summed E-state index contributed by atoms with van der Waals surface area (Å²) < 4.78 is 0. The van der Waals surface area contributed by atoms with E-state index in [0.717, 1.165) is 28.1 Å². The SMILES string of the molecule is Cc1ccc(N2C(=O)C(=Cc3ccc(C(C)C)cc3)N=C2SCC(=O)Nc2ccccc2C)cc1. The molecule has 0 spiro atoms. The third-order valence-electron chi connectivity index (χ3n) is 5.78. The predicted molar refractivity (Wildman–Crippen MR) is 147 cm³/mol. The summed E-state index contributed by atoms with van der Waals surface area (Å²) in [6, 6.07) is 23.5. The van der Waals surface area contributed by atoms with Gasteiger partial charge in [-0.15, -0.1) is 0 Å². The van der Waals surface area contributed by atoms with Crippen LogP contribution in [0.15, 0.2) is 83.5 Å². The van der Waals surface area contributed by atoms with Crippen molar-refractivity contribution < 1.29 is 9.59 Å². The summed E-state index contributed by atoms with van der Waals surface area (Å²) in [5.74, 6) is 0.224. The molecule has 3 aromatic rings. The largest absolute Gasteiger partial charge is 0.325 e. The van der Waals surface area contributed by atoms with Gasteiger partial charge in [0, 0.05) is 5.69 Å². The number of amides is 2. The van der Waals surface area contributed by atoms with Crippen molar-refractivity contribution in [3.05, 3.63) is 101 Å². The fourth-order valence-electron chi connectivity index (χ4n) is 3.68. The van der Waals surface area contributed by atoms with Crippen molar-refractivity contribution in [1.82, 2.24) is 0 Å². The molecule has 5 nitrogen and oxygen atoms in total. The van der Waals surface area contributed by atoms with Crippen LogP contribution in [0, 0.1) is 13.8 Å². The number of aryl methyl sites for hydroxylation is 2. The lowest BCUT2D eigenvalue weighted by Gasteiger charge is -2.18. The standard InChI is InChI=1S/C29H29N3O2S/c1-19(2)23-13-11-22(12-14-23)17-26-28(34)32(24-15-9-20(3)10-16-24)29(31-26)35-18-27(33)30-25-8-6-5-7-21(25)4/h5-17,19H,18H2,1-4H3,(H,30,33). The number of amidine groups is 1. The first-order valence-electron chi connectivity index (χ1n) is 11.6. The quantitative estimate of drug-likeness (QED) is 0.405. The molecule has 0 aromatic heterocycles. The summed E-state index contributed by atoms with van der Waals surface area (Å²) in [6.45, 7) is 8.25. The molecule has 178 valence electrons. The summed E-state index contributed by atoms with van der Waals surface area (Å²) in [7, 11) is 0. The molecule has 3 aromatic carbocycles. The van der Waals surface area contributed by atoms with E-state index in [-0.39, 0.29) is 17.6 Å². The molecule has 0 saturated heterocycles. The molecule has 1 N–H and O–H groups in total. The van der Waals surface area contributed by atoms with Crippen molar-refractivity contribution in [3.8, 4) is 0 Å². The molecular formula is C29H29N3O2S. The number of benzene rings is 3. The summed E-state index contributed by atoms with van der Waals surface area (Å²) in [4.78, 5) is 32.3. The molecule has 0 fully saturated rings. The Morgan fingerprint density at radius 1 is 1.00 bits per heavy atom. The van der Waals surface area contributed by atoms with Crippen LogP contribution in [0.4, 0.5) is 11.4 Å². The number of hydrogen-bond acceptors (Lipinski definition) is 4. The minimum Gasteiger partial charge on any atom is -0.325 e. The maximum absolute atomic E-state index is 13.4. The Labute approximate surface area is 211 Å². The number of carbonyl (C=O) groups is 2. The van der Waals surface area contributed by atoms with Gasteiger partial charge in [0.2, 0.25) is 5.91 Å². The number of carbonyl (C=O) groups excluding carboxylic acids is 2. The van der Waals surface area contributed by atoms with E-state index >= 15 is 0 Å². The van der Waals surface area contributed by atoms with E-state index in [9.17, 15) is 9.59 Å². The predicted octanol–water partition coefficient (Wildman–Crippen LogP) is 6.54. The maximum Gasteiger partial charge on any atom is 0.283 e. The molecule has 35 heavy (non-hydrogen) atoms. The Hall–Kier alpha value is -3.64. The topological polar surface area (TPSA) is 61.8 Å². The van der Waals surface area contributed by atoms with E-state index in [1.165, 1.54) is 17.3 Å². The van der Waals surface area contributed by atoms with Gasteiger partial charge in [-0.25, -0.2) is 4.99 Å². The third-order valence-corrected chi connectivity index (χ3v) is 6.72. The summed E-state index contributed by atoms with van der Waals surface area (Å²) >= 11 is 1.25. The molecule has 0 bridgehead atoms. The molecule has 4 rings (SSSR count). The van der Waals surface area contributed by atoms with Gasteiger partial charge in [0.15, 0.2) is 5.17 Å². The van der Waals surface area contributed by atoms with Crippen molar-refractivity contribution in [2.24, 2.45) is 4.99 Å². The van der Waals surface area contributed by atoms with Crippen molar-refractivity contribution in [2.75, 3.05) is 16.0 Å². The highest BCUT2D eigenvalue weighted by atomic mass is 32.2. The molecule has 0 radical (unpaired) electrons. The summed E-state index contributed by atoms with van der Waals surface area (Å²) in [5.41, 5.74) is 6.11. The number of hydrogen-bond donors (Lipinski definition) is 1. The second kappa shape index (κ2) is 10.7. The highest BCUT2D eigenvalue weighted by molar-refractivity contribution is 8.14. The molecule has 0 atom stereocenters. The monoisotopic (exact) mass is 483 g/mol. The zero-order valence-electron chi connectivity index (χ0n) is 20.4. The second-order valence-electron chi connectivity index (χ2n) is 8.87. The number of aliphatic imine (C=N–C) groups is 1. The van der Waals surface area contributed by atoms with Crippen LogP contribution in [-0.4, -0.2) is 22.7 Å². The number of para-hydroxylation sites is 1.